The van der Waals surface area contributed by atoms with Gasteiger partial charge in [0.15, 0.2) is 0 Å². The Bertz CT molecular complexity index is 682. The van der Waals surface area contributed by atoms with E-state index in [0.717, 1.165) is 44.2 Å². The SMILES string of the molecule is Cc1cnc(C(=O)N[C@H](C)CN2CCN(c3ccccn3)CC2)cn1. The summed E-state index contributed by atoms with van der Waals surface area (Å²) in [5.74, 6) is 0.855. The minimum absolute atomic E-state index is 0.0528. The molecule has 1 aliphatic heterocycles. The highest BCUT2D eigenvalue weighted by Crippen LogP contribution is 2.12. The molecule has 7 nitrogen and oxygen atoms in total. The second-order valence-electron chi connectivity index (χ2n) is 6.39. The minimum atomic E-state index is -0.174. The Balaban J connectivity index is 1.45. The molecule has 1 atom stereocenters. The number of carbonyl (C=O) groups is 1. The lowest BCUT2D eigenvalue weighted by atomic mass is 10.2. The summed E-state index contributed by atoms with van der Waals surface area (Å²) in [7, 11) is 0. The van der Waals surface area contributed by atoms with Crippen molar-refractivity contribution in [1.29, 1.82) is 0 Å². The number of aromatic nitrogens is 3. The van der Waals surface area contributed by atoms with Gasteiger partial charge in [0.25, 0.3) is 5.91 Å². The van der Waals surface area contributed by atoms with Crippen LogP contribution in [0.4, 0.5) is 5.82 Å². The Labute approximate surface area is 148 Å². The number of pyridine rings is 1. The van der Waals surface area contributed by atoms with E-state index in [0.29, 0.717) is 5.69 Å². The average Bonchev–Trinajstić information content (AvgIpc) is 2.63. The maximum atomic E-state index is 12.2. The highest BCUT2D eigenvalue weighted by molar-refractivity contribution is 5.92. The van der Waals surface area contributed by atoms with Crippen LogP contribution in [0.2, 0.25) is 0 Å². The summed E-state index contributed by atoms with van der Waals surface area (Å²) < 4.78 is 0. The number of piperazine rings is 1. The van der Waals surface area contributed by atoms with Crippen LogP contribution in [-0.4, -0.2) is 64.5 Å². The highest BCUT2D eigenvalue weighted by Gasteiger charge is 2.20. The maximum absolute atomic E-state index is 12.2. The molecule has 1 saturated heterocycles. The summed E-state index contributed by atoms with van der Waals surface area (Å²) in [5.41, 5.74) is 1.16. The Kier molecular flexibility index (Phi) is 5.55. The molecule has 1 amide bonds. The lowest BCUT2D eigenvalue weighted by Gasteiger charge is -2.36. The zero-order chi connectivity index (χ0) is 17.6. The third-order valence-corrected chi connectivity index (χ3v) is 4.27. The van der Waals surface area contributed by atoms with Gasteiger partial charge in [0.2, 0.25) is 0 Å². The van der Waals surface area contributed by atoms with Crippen LogP contribution in [-0.2, 0) is 0 Å². The van der Waals surface area contributed by atoms with E-state index in [1.165, 1.54) is 6.20 Å². The van der Waals surface area contributed by atoms with Crippen molar-refractivity contribution in [3.05, 3.63) is 48.2 Å². The van der Waals surface area contributed by atoms with Crippen LogP contribution in [0.3, 0.4) is 0 Å². The molecule has 2 aromatic rings. The van der Waals surface area contributed by atoms with Crippen LogP contribution in [0, 0.1) is 6.92 Å². The first-order chi connectivity index (χ1) is 12.1. The maximum Gasteiger partial charge on any atom is 0.271 e. The topological polar surface area (TPSA) is 74.2 Å². The van der Waals surface area contributed by atoms with Crippen molar-refractivity contribution in [3.8, 4) is 0 Å². The molecule has 3 rings (SSSR count). The molecule has 0 saturated carbocycles. The fourth-order valence-corrected chi connectivity index (χ4v) is 2.94. The van der Waals surface area contributed by atoms with E-state index in [1.807, 2.05) is 38.2 Å². The number of hydrogen-bond acceptors (Lipinski definition) is 6. The smallest absolute Gasteiger partial charge is 0.271 e. The van der Waals surface area contributed by atoms with E-state index in [4.69, 9.17) is 0 Å². The van der Waals surface area contributed by atoms with E-state index in [1.54, 1.807) is 6.20 Å². The molecule has 132 valence electrons. The second kappa shape index (κ2) is 8.02. The molecular formula is C18H24N6O. The third kappa shape index (κ3) is 4.73. The zero-order valence-electron chi connectivity index (χ0n) is 14.7. The molecule has 2 aromatic heterocycles. The molecule has 0 unspecified atom stereocenters. The largest absolute Gasteiger partial charge is 0.354 e. The molecule has 0 bridgehead atoms. The quantitative estimate of drug-likeness (QED) is 0.879. The number of anilines is 1. The number of carbonyl (C=O) groups excluding carboxylic acids is 1. The fourth-order valence-electron chi connectivity index (χ4n) is 2.94. The monoisotopic (exact) mass is 340 g/mol. The first kappa shape index (κ1) is 17.3. The van der Waals surface area contributed by atoms with Gasteiger partial charge in [-0.3, -0.25) is 14.7 Å². The van der Waals surface area contributed by atoms with Crippen LogP contribution in [0.5, 0.6) is 0 Å². The van der Waals surface area contributed by atoms with Crippen LogP contribution < -0.4 is 10.2 Å². The first-order valence-corrected chi connectivity index (χ1v) is 8.59. The Morgan fingerprint density at radius 3 is 2.60 bits per heavy atom. The molecular weight excluding hydrogens is 316 g/mol. The van der Waals surface area contributed by atoms with Gasteiger partial charge in [-0.1, -0.05) is 6.07 Å². The van der Waals surface area contributed by atoms with Crippen LogP contribution >= 0.6 is 0 Å². The molecule has 0 aromatic carbocycles. The van der Waals surface area contributed by atoms with Crippen molar-refractivity contribution in [1.82, 2.24) is 25.2 Å². The molecule has 0 radical (unpaired) electrons. The van der Waals surface area contributed by atoms with Crippen molar-refractivity contribution in [2.24, 2.45) is 0 Å². The molecule has 1 N–H and O–H groups in total. The van der Waals surface area contributed by atoms with Gasteiger partial charge in [-0.2, -0.15) is 0 Å². The van der Waals surface area contributed by atoms with Crippen LogP contribution in [0.15, 0.2) is 36.8 Å². The minimum Gasteiger partial charge on any atom is -0.354 e. The van der Waals surface area contributed by atoms with Gasteiger partial charge < -0.3 is 10.2 Å². The normalized spacial score (nSPS) is 16.5. The van der Waals surface area contributed by atoms with Crippen LogP contribution in [0.25, 0.3) is 0 Å². The van der Waals surface area contributed by atoms with E-state index in [9.17, 15) is 4.79 Å². The summed E-state index contributed by atoms with van der Waals surface area (Å²) in [5, 5.41) is 3.00. The predicted molar refractivity (Wildman–Crippen MR) is 96.6 cm³/mol. The van der Waals surface area contributed by atoms with Gasteiger partial charge in [0.1, 0.15) is 11.5 Å². The molecule has 25 heavy (non-hydrogen) atoms. The van der Waals surface area contributed by atoms with E-state index in [2.05, 4.69) is 30.1 Å². The Morgan fingerprint density at radius 2 is 1.96 bits per heavy atom. The predicted octanol–water partition coefficient (Wildman–Crippen LogP) is 1.12. The first-order valence-electron chi connectivity index (χ1n) is 8.59. The van der Waals surface area contributed by atoms with Gasteiger partial charge >= 0.3 is 0 Å². The molecule has 7 heteroatoms. The van der Waals surface area contributed by atoms with Gasteiger partial charge in [0, 0.05) is 51.2 Å². The number of nitrogens with zero attached hydrogens (tertiary/aromatic N) is 5. The summed E-state index contributed by atoms with van der Waals surface area (Å²) in [4.78, 5) is 29.5. The average molecular weight is 340 g/mol. The number of amides is 1. The van der Waals surface area contributed by atoms with Gasteiger partial charge in [0.05, 0.1) is 11.9 Å². The van der Waals surface area contributed by atoms with Crippen molar-refractivity contribution in [3.63, 3.8) is 0 Å². The lowest BCUT2D eigenvalue weighted by Crippen LogP contribution is -2.51. The standard InChI is InChI=1S/C18H24N6O/c1-14-11-21-16(12-20-14)18(25)22-15(2)13-23-7-9-24(10-8-23)17-5-3-4-6-19-17/h3-6,11-12,15H,7-10,13H2,1-2H3,(H,22,25)/t15-/m1/s1. The lowest BCUT2D eigenvalue weighted by molar-refractivity contribution is 0.0922. The van der Waals surface area contributed by atoms with Crippen molar-refractivity contribution >= 4 is 11.7 Å². The summed E-state index contributed by atoms with van der Waals surface area (Å²) >= 11 is 0. The second-order valence-corrected chi connectivity index (χ2v) is 6.39. The third-order valence-electron chi connectivity index (χ3n) is 4.27. The van der Waals surface area contributed by atoms with Crippen LogP contribution in [0.1, 0.15) is 23.1 Å². The molecule has 0 aliphatic carbocycles. The summed E-state index contributed by atoms with van der Waals surface area (Å²) in [6.45, 7) is 8.50. The summed E-state index contributed by atoms with van der Waals surface area (Å²) in [6.07, 6.45) is 4.95. The molecule has 1 fully saturated rings. The molecule has 3 heterocycles. The van der Waals surface area contributed by atoms with E-state index in [-0.39, 0.29) is 11.9 Å². The zero-order valence-corrected chi connectivity index (χ0v) is 14.7. The van der Waals surface area contributed by atoms with Crippen molar-refractivity contribution < 1.29 is 4.79 Å². The number of aryl methyl sites for hydroxylation is 1. The van der Waals surface area contributed by atoms with Crippen molar-refractivity contribution in [2.75, 3.05) is 37.6 Å². The Hall–Kier alpha value is -2.54. The summed E-state index contributed by atoms with van der Waals surface area (Å²) in [6, 6.07) is 6.04. The van der Waals surface area contributed by atoms with Crippen molar-refractivity contribution in [2.45, 2.75) is 19.9 Å². The number of hydrogen-bond donors (Lipinski definition) is 1. The van der Waals surface area contributed by atoms with Gasteiger partial charge in [-0.25, -0.2) is 9.97 Å². The molecule has 0 spiro atoms. The number of rotatable bonds is 5. The van der Waals surface area contributed by atoms with Gasteiger partial charge in [-0.15, -0.1) is 0 Å². The molecule has 1 aliphatic rings. The van der Waals surface area contributed by atoms with E-state index >= 15 is 0 Å². The highest BCUT2D eigenvalue weighted by atomic mass is 16.1. The fraction of sp³-hybridized carbons (Fsp3) is 0.444. The van der Waals surface area contributed by atoms with E-state index < -0.39 is 0 Å². The Morgan fingerprint density at radius 1 is 1.16 bits per heavy atom. The van der Waals surface area contributed by atoms with Gasteiger partial charge in [-0.05, 0) is 26.0 Å². The number of nitrogens with one attached hydrogen (secondary N) is 1.